The molecule has 1 fully saturated rings. The summed E-state index contributed by atoms with van der Waals surface area (Å²) in [5.74, 6) is 0.780. The summed E-state index contributed by atoms with van der Waals surface area (Å²) in [5.41, 5.74) is 3.01. The topological polar surface area (TPSA) is 70.5 Å². The number of H-pyrrole nitrogens is 1. The lowest BCUT2D eigenvalue weighted by atomic mass is 10.0. The van der Waals surface area contributed by atoms with Crippen LogP contribution in [0.1, 0.15) is 24.4 Å². The number of hydrogen-bond acceptors (Lipinski definition) is 4. The highest BCUT2D eigenvalue weighted by atomic mass is 16.5. The molecule has 0 radical (unpaired) electrons. The highest BCUT2D eigenvalue weighted by Crippen LogP contribution is 2.25. The minimum atomic E-state index is -0.534. The molecule has 1 aliphatic rings. The van der Waals surface area contributed by atoms with Gasteiger partial charge in [-0.2, -0.15) is 0 Å². The second kappa shape index (κ2) is 8.20. The first-order chi connectivity index (χ1) is 13.6. The maximum absolute atomic E-state index is 12.4. The number of hydrogen-bond donors (Lipinski definition) is 2. The lowest BCUT2D eigenvalue weighted by Crippen LogP contribution is -2.42. The molecule has 0 bridgehead atoms. The fraction of sp³-hybridized carbons (Fsp3) is 0.409. The summed E-state index contributed by atoms with van der Waals surface area (Å²) in [5, 5.41) is 10.3. The van der Waals surface area contributed by atoms with Crippen molar-refractivity contribution in [2.45, 2.75) is 31.9 Å². The van der Waals surface area contributed by atoms with E-state index in [1.807, 2.05) is 60.0 Å². The fourth-order valence-electron chi connectivity index (χ4n) is 3.97. The number of imidazole rings is 1. The first kappa shape index (κ1) is 18.8. The standard InChI is InChI=1S/C22H27N3O3/c1-16-6-8-19(9-7-16)28-15-18(26)14-24-12-10-17(11-13-24)25-21-5-3-2-4-20(21)23-22(25)27/h2-9,17-18,26H,10-15H2,1H3,(H,23,27). The van der Waals surface area contributed by atoms with E-state index in [9.17, 15) is 9.90 Å². The third-order valence-electron chi connectivity index (χ3n) is 5.48. The van der Waals surface area contributed by atoms with Crippen molar-refractivity contribution >= 4 is 11.0 Å². The molecule has 0 amide bonds. The van der Waals surface area contributed by atoms with Gasteiger partial charge in [0.15, 0.2) is 0 Å². The molecular weight excluding hydrogens is 354 g/mol. The van der Waals surface area contributed by atoms with Gasteiger partial charge in [-0.15, -0.1) is 0 Å². The summed E-state index contributed by atoms with van der Waals surface area (Å²) in [6.45, 7) is 4.62. The number of nitrogens with zero attached hydrogens (tertiary/aromatic N) is 2. The van der Waals surface area contributed by atoms with Gasteiger partial charge in [0.1, 0.15) is 18.5 Å². The van der Waals surface area contributed by atoms with Crippen molar-refractivity contribution in [2.75, 3.05) is 26.2 Å². The zero-order chi connectivity index (χ0) is 19.5. The Labute approximate surface area is 164 Å². The molecule has 2 heterocycles. The number of aryl methyl sites for hydroxylation is 1. The third kappa shape index (κ3) is 4.13. The van der Waals surface area contributed by atoms with Gasteiger partial charge < -0.3 is 19.7 Å². The Bertz CT molecular complexity index is 969. The average Bonchev–Trinajstić information content (AvgIpc) is 3.04. The number of benzene rings is 2. The summed E-state index contributed by atoms with van der Waals surface area (Å²) < 4.78 is 7.57. The molecule has 1 aromatic heterocycles. The number of aliphatic hydroxyl groups excluding tert-OH is 1. The van der Waals surface area contributed by atoms with Gasteiger partial charge in [0.2, 0.25) is 0 Å². The first-order valence-corrected chi connectivity index (χ1v) is 9.89. The van der Waals surface area contributed by atoms with Crippen LogP contribution < -0.4 is 10.4 Å². The monoisotopic (exact) mass is 381 g/mol. The molecule has 6 nitrogen and oxygen atoms in total. The quantitative estimate of drug-likeness (QED) is 0.689. The van der Waals surface area contributed by atoms with Gasteiger partial charge in [0.25, 0.3) is 0 Å². The lowest BCUT2D eigenvalue weighted by molar-refractivity contribution is 0.0559. The first-order valence-electron chi connectivity index (χ1n) is 9.89. The van der Waals surface area contributed by atoms with Gasteiger partial charge in [-0.3, -0.25) is 4.57 Å². The van der Waals surface area contributed by atoms with E-state index < -0.39 is 6.10 Å². The van der Waals surface area contributed by atoms with Gasteiger partial charge in [-0.25, -0.2) is 4.79 Å². The zero-order valence-electron chi connectivity index (χ0n) is 16.2. The smallest absolute Gasteiger partial charge is 0.326 e. The van der Waals surface area contributed by atoms with Gasteiger partial charge in [0.05, 0.1) is 11.0 Å². The van der Waals surface area contributed by atoms with E-state index >= 15 is 0 Å². The molecule has 4 rings (SSSR count). The number of piperidine rings is 1. The highest BCUT2D eigenvalue weighted by Gasteiger charge is 2.24. The molecule has 1 saturated heterocycles. The zero-order valence-corrected chi connectivity index (χ0v) is 16.2. The third-order valence-corrected chi connectivity index (χ3v) is 5.48. The minimum absolute atomic E-state index is 0.0359. The average molecular weight is 381 g/mol. The molecule has 0 aliphatic carbocycles. The van der Waals surface area contributed by atoms with Crippen molar-refractivity contribution in [3.05, 3.63) is 64.6 Å². The van der Waals surface area contributed by atoms with E-state index in [2.05, 4.69) is 9.88 Å². The summed E-state index contributed by atoms with van der Waals surface area (Å²) in [7, 11) is 0. The van der Waals surface area contributed by atoms with Crippen LogP contribution >= 0.6 is 0 Å². The van der Waals surface area contributed by atoms with Crippen LogP contribution in [0.4, 0.5) is 0 Å². The largest absolute Gasteiger partial charge is 0.491 e. The molecule has 2 aromatic carbocycles. The molecular formula is C22H27N3O3. The van der Waals surface area contributed by atoms with Crippen LogP contribution in [0.3, 0.4) is 0 Å². The van der Waals surface area contributed by atoms with E-state index in [-0.39, 0.29) is 18.3 Å². The number of ether oxygens (including phenoxy) is 1. The van der Waals surface area contributed by atoms with Crippen LogP contribution in [-0.4, -0.2) is 51.9 Å². The lowest BCUT2D eigenvalue weighted by Gasteiger charge is -2.33. The second-order valence-corrected chi connectivity index (χ2v) is 7.63. The maximum atomic E-state index is 12.4. The number of aromatic amines is 1. The normalized spacial score (nSPS) is 17.1. The Morgan fingerprint density at radius 3 is 2.61 bits per heavy atom. The van der Waals surface area contributed by atoms with E-state index in [0.717, 1.165) is 42.7 Å². The highest BCUT2D eigenvalue weighted by molar-refractivity contribution is 5.75. The van der Waals surface area contributed by atoms with Gasteiger partial charge in [-0.1, -0.05) is 29.8 Å². The summed E-state index contributed by atoms with van der Waals surface area (Å²) in [6.07, 6.45) is 1.26. The van der Waals surface area contributed by atoms with Crippen LogP contribution in [0.5, 0.6) is 5.75 Å². The SMILES string of the molecule is Cc1ccc(OCC(O)CN2CCC(n3c(=O)[nH]c4ccccc43)CC2)cc1. The van der Waals surface area contributed by atoms with Crippen molar-refractivity contribution in [1.82, 2.24) is 14.5 Å². The molecule has 0 spiro atoms. The molecule has 1 aliphatic heterocycles. The molecule has 1 atom stereocenters. The molecule has 2 N–H and O–H groups in total. The Morgan fingerprint density at radius 2 is 1.86 bits per heavy atom. The number of aromatic nitrogens is 2. The van der Waals surface area contributed by atoms with E-state index in [0.29, 0.717) is 6.54 Å². The van der Waals surface area contributed by atoms with Crippen LogP contribution in [0, 0.1) is 6.92 Å². The minimum Gasteiger partial charge on any atom is -0.491 e. The predicted molar refractivity (Wildman–Crippen MR) is 110 cm³/mol. The number of nitrogens with one attached hydrogen (secondary N) is 1. The molecule has 3 aromatic rings. The Hall–Kier alpha value is -2.57. The maximum Gasteiger partial charge on any atom is 0.326 e. The number of likely N-dealkylation sites (tertiary alicyclic amines) is 1. The van der Waals surface area contributed by atoms with E-state index in [1.54, 1.807) is 0 Å². The predicted octanol–water partition coefficient (Wildman–Crippen LogP) is 2.71. The Morgan fingerprint density at radius 1 is 1.14 bits per heavy atom. The van der Waals surface area contributed by atoms with Crippen molar-refractivity contribution < 1.29 is 9.84 Å². The van der Waals surface area contributed by atoms with Crippen LogP contribution in [0.2, 0.25) is 0 Å². The van der Waals surface area contributed by atoms with Crippen molar-refractivity contribution in [2.24, 2.45) is 0 Å². The van der Waals surface area contributed by atoms with Crippen molar-refractivity contribution in [1.29, 1.82) is 0 Å². The number of para-hydroxylation sites is 2. The van der Waals surface area contributed by atoms with Crippen molar-refractivity contribution in [3.8, 4) is 5.75 Å². The Balaban J connectivity index is 1.29. The number of fused-ring (bicyclic) bond motifs is 1. The molecule has 0 saturated carbocycles. The summed E-state index contributed by atoms with van der Waals surface area (Å²) in [4.78, 5) is 17.6. The number of rotatable bonds is 6. The number of aliphatic hydroxyl groups is 1. The van der Waals surface area contributed by atoms with E-state index in [1.165, 1.54) is 5.56 Å². The number of β-amino-alcohol motifs (C(OH)–C–C–N with tert-alkyl or cyclic N) is 1. The fourth-order valence-corrected chi connectivity index (χ4v) is 3.97. The van der Waals surface area contributed by atoms with Gasteiger partial charge >= 0.3 is 5.69 Å². The van der Waals surface area contributed by atoms with Gasteiger partial charge in [0, 0.05) is 25.7 Å². The van der Waals surface area contributed by atoms with Crippen LogP contribution in [-0.2, 0) is 0 Å². The van der Waals surface area contributed by atoms with E-state index in [4.69, 9.17) is 4.74 Å². The van der Waals surface area contributed by atoms with Crippen LogP contribution in [0.15, 0.2) is 53.3 Å². The second-order valence-electron chi connectivity index (χ2n) is 7.63. The van der Waals surface area contributed by atoms with Crippen molar-refractivity contribution in [3.63, 3.8) is 0 Å². The molecule has 28 heavy (non-hydrogen) atoms. The Kier molecular flexibility index (Phi) is 5.50. The molecule has 6 heteroatoms. The summed E-state index contributed by atoms with van der Waals surface area (Å²) >= 11 is 0. The summed E-state index contributed by atoms with van der Waals surface area (Å²) in [6, 6.07) is 15.9. The molecule has 1 unspecified atom stereocenters. The van der Waals surface area contributed by atoms with Gasteiger partial charge in [-0.05, 0) is 44.0 Å². The van der Waals surface area contributed by atoms with Crippen LogP contribution in [0.25, 0.3) is 11.0 Å². The molecule has 148 valence electrons.